The van der Waals surface area contributed by atoms with E-state index < -0.39 is 0 Å². The van der Waals surface area contributed by atoms with E-state index in [1.54, 1.807) is 0 Å². The number of nitrogens with two attached hydrogens (primary N) is 1. The van der Waals surface area contributed by atoms with Crippen molar-refractivity contribution in [3.8, 4) is 0 Å². The summed E-state index contributed by atoms with van der Waals surface area (Å²) in [6, 6.07) is 37.5. The van der Waals surface area contributed by atoms with E-state index in [2.05, 4.69) is 105 Å². The van der Waals surface area contributed by atoms with Crippen molar-refractivity contribution in [2.75, 3.05) is 5.73 Å². The van der Waals surface area contributed by atoms with Gasteiger partial charge in [-0.25, -0.2) is 0 Å². The summed E-state index contributed by atoms with van der Waals surface area (Å²) < 4.78 is 0. The molecule has 1 nitrogen and oxygen atoms in total. The zero-order chi connectivity index (χ0) is 22.1. The van der Waals surface area contributed by atoms with Crippen molar-refractivity contribution in [2.45, 2.75) is 38.0 Å². The van der Waals surface area contributed by atoms with Gasteiger partial charge in [0, 0.05) is 11.1 Å². The molecule has 0 bridgehead atoms. The van der Waals surface area contributed by atoms with Crippen LogP contribution in [0.2, 0.25) is 0 Å². The average molecular weight is 418 g/mol. The van der Waals surface area contributed by atoms with Gasteiger partial charge in [-0.15, -0.1) is 0 Å². The zero-order valence-electron chi connectivity index (χ0n) is 19.0. The van der Waals surface area contributed by atoms with Crippen molar-refractivity contribution in [3.63, 3.8) is 0 Å². The summed E-state index contributed by atoms with van der Waals surface area (Å²) in [5.74, 6) is 1.22. The molecule has 160 valence electrons. The highest BCUT2D eigenvalue weighted by Gasteiger charge is 2.59. The predicted octanol–water partition coefficient (Wildman–Crippen LogP) is 7.14. The molecule has 0 radical (unpaired) electrons. The van der Waals surface area contributed by atoms with E-state index >= 15 is 0 Å². The third-order valence-electron chi connectivity index (χ3n) is 7.54. The first-order valence-electron chi connectivity index (χ1n) is 11.6. The third-order valence-corrected chi connectivity index (χ3v) is 7.54. The van der Waals surface area contributed by atoms with Crippen molar-refractivity contribution in [2.24, 2.45) is 5.92 Å². The van der Waals surface area contributed by atoms with Crippen LogP contribution in [0.25, 0.3) is 0 Å². The van der Waals surface area contributed by atoms with Crippen molar-refractivity contribution in [1.82, 2.24) is 0 Å². The Hall–Kier alpha value is -3.32. The number of benzene rings is 4. The first-order chi connectivity index (χ1) is 15.5. The van der Waals surface area contributed by atoms with Gasteiger partial charge in [-0.05, 0) is 70.2 Å². The van der Waals surface area contributed by atoms with Crippen molar-refractivity contribution >= 4 is 5.69 Å². The Morgan fingerprint density at radius 2 is 1.09 bits per heavy atom. The normalized spacial score (nSPS) is 21.9. The first-order valence-corrected chi connectivity index (χ1v) is 11.6. The molecule has 0 aliphatic heterocycles. The van der Waals surface area contributed by atoms with Gasteiger partial charge in [-0.3, -0.25) is 0 Å². The summed E-state index contributed by atoms with van der Waals surface area (Å²) in [6.07, 6.45) is 1.94. The molecule has 0 saturated heterocycles. The fraction of sp³-hybridized carbons (Fsp3) is 0.226. The van der Waals surface area contributed by atoms with E-state index in [0.717, 1.165) is 18.5 Å². The Kier molecular flexibility index (Phi) is 5.35. The molecule has 32 heavy (non-hydrogen) atoms. The maximum absolute atomic E-state index is 5.81. The second-order valence-electron chi connectivity index (χ2n) is 9.57. The third kappa shape index (κ3) is 3.96. The highest BCUT2D eigenvalue weighted by atomic mass is 14.6. The summed E-state index contributed by atoms with van der Waals surface area (Å²) in [6.45, 7) is 4.82. The molecule has 1 heteroatoms. The smallest absolute Gasteiger partial charge is 0.0314 e. The van der Waals surface area contributed by atoms with E-state index in [9.17, 15) is 0 Å². The van der Waals surface area contributed by atoms with Crippen LogP contribution in [0.1, 0.15) is 53.1 Å². The lowest BCUT2D eigenvalue weighted by Gasteiger charge is -2.14. The van der Waals surface area contributed by atoms with Crippen molar-refractivity contribution in [1.29, 1.82) is 0 Å². The Bertz CT molecular complexity index is 1170. The highest BCUT2D eigenvalue weighted by molar-refractivity contribution is 5.47. The van der Waals surface area contributed by atoms with Gasteiger partial charge in [0.05, 0.1) is 0 Å². The van der Waals surface area contributed by atoms with Gasteiger partial charge < -0.3 is 5.73 Å². The molecule has 1 aliphatic carbocycles. The van der Waals surface area contributed by atoms with E-state index in [1.807, 2.05) is 12.1 Å². The second kappa shape index (κ2) is 8.31. The predicted molar refractivity (Wildman–Crippen MR) is 135 cm³/mol. The molecular formula is C31H31N. The van der Waals surface area contributed by atoms with Crippen molar-refractivity contribution < 1.29 is 0 Å². The van der Waals surface area contributed by atoms with E-state index in [4.69, 9.17) is 5.73 Å². The maximum atomic E-state index is 5.81. The molecular weight excluding hydrogens is 386 g/mol. The molecule has 3 atom stereocenters. The molecule has 1 fully saturated rings. The van der Waals surface area contributed by atoms with Crippen LogP contribution in [-0.2, 0) is 18.3 Å². The van der Waals surface area contributed by atoms with Crippen LogP contribution in [0, 0.1) is 5.92 Å². The minimum Gasteiger partial charge on any atom is -0.399 e. The molecule has 3 unspecified atom stereocenters. The molecule has 0 heterocycles. The number of hydrogen-bond donors (Lipinski definition) is 1. The first kappa shape index (κ1) is 20.6. The van der Waals surface area contributed by atoms with Crippen LogP contribution in [0.4, 0.5) is 5.69 Å². The number of nitrogen functional groups attached to an aromatic ring is 1. The van der Waals surface area contributed by atoms with E-state index in [-0.39, 0.29) is 5.41 Å². The Labute approximate surface area is 191 Å². The van der Waals surface area contributed by atoms with Gasteiger partial charge in [-0.2, -0.15) is 0 Å². The van der Waals surface area contributed by atoms with Crippen LogP contribution in [-0.4, -0.2) is 0 Å². The molecule has 0 aromatic heterocycles. The molecule has 4 aromatic carbocycles. The van der Waals surface area contributed by atoms with E-state index in [1.165, 1.54) is 33.4 Å². The minimum atomic E-state index is 0.209. The largest absolute Gasteiger partial charge is 0.399 e. The number of hydrogen-bond acceptors (Lipinski definition) is 1. The Balaban J connectivity index is 1.29. The summed E-state index contributed by atoms with van der Waals surface area (Å²) >= 11 is 0. The van der Waals surface area contributed by atoms with Crippen LogP contribution < -0.4 is 5.73 Å². The lowest BCUT2D eigenvalue weighted by atomic mass is 9.90. The summed E-state index contributed by atoms with van der Waals surface area (Å²) in [7, 11) is 0. The standard InChI is InChI=1S/C31H31N/c1-22-30(27-14-8-24(9-15-27)20-23-6-4-3-5-7-23)31(22,2)28-16-10-25(11-17-28)21-26-12-18-29(32)19-13-26/h3-19,22,30H,20-21,32H2,1-2H3. The Morgan fingerprint density at radius 3 is 1.66 bits per heavy atom. The summed E-state index contributed by atoms with van der Waals surface area (Å²) in [4.78, 5) is 0. The maximum Gasteiger partial charge on any atom is 0.0314 e. The molecule has 1 aliphatic rings. The minimum absolute atomic E-state index is 0.209. The van der Waals surface area contributed by atoms with Crippen LogP contribution in [0.15, 0.2) is 103 Å². The molecule has 0 spiro atoms. The Morgan fingerprint density at radius 1 is 0.625 bits per heavy atom. The zero-order valence-corrected chi connectivity index (χ0v) is 19.0. The fourth-order valence-electron chi connectivity index (χ4n) is 5.33. The molecule has 0 amide bonds. The molecule has 4 aromatic rings. The van der Waals surface area contributed by atoms with E-state index in [0.29, 0.717) is 11.8 Å². The van der Waals surface area contributed by atoms with Gasteiger partial charge in [0.1, 0.15) is 0 Å². The lowest BCUT2D eigenvalue weighted by molar-refractivity contribution is 0.695. The van der Waals surface area contributed by atoms with Gasteiger partial charge in [0.15, 0.2) is 0 Å². The lowest BCUT2D eigenvalue weighted by Crippen LogP contribution is -2.05. The van der Waals surface area contributed by atoms with Crippen LogP contribution in [0.3, 0.4) is 0 Å². The molecule has 2 N–H and O–H groups in total. The SMILES string of the molecule is CC1C(c2ccc(Cc3ccccc3)cc2)C1(C)c1ccc(Cc2ccc(N)cc2)cc1. The van der Waals surface area contributed by atoms with Crippen LogP contribution in [0.5, 0.6) is 0 Å². The van der Waals surface area contributed by atoms with Gasteiger partial charge >= 0.3 is 0 Å². The average Bonchev–Trinajstić information content (AvgIpc) is 3.38. The second-order valence-corrected chi connectivity index (χ2v) is 9.57. The number of anilines is 1. The van der Waals surface area contributed by atoms with Crippen molar-refractivity contribution in [3.05, 3.63) is 137 Å². The fourth-order valence-corrected chi connectivity index (χ4v) is 5.33. The molecule has 1 saturated carbocycles. The van der Waals surface area contributed by atoms with Gasteiger partial charge in [0.2, 0.25) is 0 Å². The topological polar surface area (TPSA) is 26.0 Å². The summed E-state index contributed by atoms with van der Waals surface area (Å²) in [5.41, 5.74) is 15.1. The quantitative estimate of drug-likeness (QED) is 0.331. The highest BCUT2D eigenvalue weighted by Crippen LogP contribution is 2.65. The number of rotatable bonds is 6. The molecule has 5 rings (SSSR count). The van der Waals surface area contributed by atoms with Crippen LogP contribution >= 0.6 is 0 Å². The monoisotopic (exact) mass is 417 g/mol. The summed E-state index contributed by atoms with van der Waals surface area (Å²) in [5, 5.41) is 0. The van der Waals surface area contributed by atoms with Gasteiger partial charge in [-0.1, -0.05) is 105 Å². The van der Waals surface area contributed by atoms with Gasteiger partial charge in [0.25, 0.3) is 0 Å².